The third-order valence-corrected chi connectivity index (χ3v) is 5.25. The molecule has 2 aliphatic rings. The predicted molar refractivity (Wildman–Crippen MR) is 83.9 cm³/mol. The second-order valence-electron chi connectivity index (χ2n) is 6.39. The number of fused-ring (bicyclic) bond motifs is 1. The van der Waals surface area contributed by atoms with Gasteiger partial charge in [-0.2, -0.15) is 0 Å². The Bertz CT molecular complexity index is 654. The minimum atomic E-state index is -0.760. The molecule has 5 nitrogen and oxygen atoms in total. The van der Waals surface area contributed by atoms with Gasteiger partial charge in [-0.1, -0.05) is 18.0 Å². The van der Waals surface area contributed by atoms with Crippen molar-refractivity contribution in [3.8, 4) is 0 Å². The second kappa shape index (κ2) is 6.09. The first-order valence-corrected chi connectivity index (χ1v) is 7.99. The van der Waals surface area contributed by atoms with Crippen LogP contribution in [-0.2, 0) is 9.59 Å². The average molecular weight is 341 g/mol. The standard InChI is InChI=1S/C16H18ClFN2O3/c17-12-6-11(18)3-4-13(12)19-14(21)8-20-7-10-2-1-5-16(10,9-20)15(22)23/h3-4,6,10H,1-2,5,7-9H2,(H,19,21)(H,22,23)/t10-,16+/m0/s1. The SMILES string of the molecule is O=C(CN1C[C@@H]2CCC[C@@]2(C(=O)O)C1)Nc1ccc(F)cc1Cl. The molecule has 7 heteroatoms. The molecule has 124 valence electrons. The summed E-state index contributed by atoms with van der Waals surface area (Å²) in [5, 5.41) is 12.3. The number of benzene rings is 1. The monoisotopic (exact) mass is 340 g/mol. The minimum Gasteiger partial charge on any atom is -0.481 e. The normalized spacial score (nSPS) is 27.0. The van der Waals surface area contributed by atoms with Crippen molar-refractivity contribution < 1.29 is 19.1 Å². The number of nitrogens with one attached hydrogen (secondary N) is 1. The quantitative estimate of drug-likeness (QED) is 0.884. The van der Waals surface area contributed by atoms with Crippen molar-refractivity contribution in [3.05, 3.63) is 29.0 Å². The molecule has 1 aliphatic heterocycles. The van der Waals surface area contributed by atoms with Gasteiger partial charge in [-0.3, -0.25) is 14.5 Å². The Labute approximate surface area is 138 Å². The van der Waals surface area contributed by atoms with Crippen LogP contribution >= 0.6 is 11.6 Å². The van der Waals surface area contributed by atoms with Crippen LogP contribution in [0.3, 0.4) is 0 Å². The van der Waals surface area contributed by atoms with Crippen molar-refractivity contribution in [1.82, 2.24) is 4.90 Å². The van der Waals surface area contributed by atoms with E-state index in [1.54, 1.807) is 0 Å². The number of rotatable bonds is 4. The summed E-state index contributed by atoms with van der Waals surface area (Å²) in [6.07, 6.45) is 2.51. The zero-order chi connectivity index (χ0) is 16.6. The van der Waals surface area contributed by atoms with Gasteiger partial charge in [0, 0.05) is 13.1 Å². The fourth-order valence-corrected chi connectivity index (χ4v) is 4.06. The van der Waals surface area contributed by atoms with Crippen molar-refractivity contribution in [1.29, 1.82) is 0 Å². The molecule has 1 saturated carbocycles. The zero-order valence-corrected chi connectivity index (χ0v) is 13.3. The number of carbonyl (C=O) groups excluding carboxylic acids is 1. The number of carbonyl (C=O) groups is 2. The number of carboxylic acids is 1. The van der Waals surface area contributed by atoms with Crippen molar-refractivity contribution in [2.24, 2.45) is 11.3 Å². The minimum absolute atomic E-state index is 0.110. The van der Waals surface area contributed by atoms with Gasteiger partial charge in [0.15, 0.2) is 0 Å². The molecular weight excluding hydrogens is 323 g/mol. The van der Waals surface area contributed by atoms with Gasteiger partial charge in [0.2, 0.25) is 5.91 Å². The molecule has 0 aromatic heterocycles. The lowest BCUT2D eigenvalue weighted by Gasteiger charge is -2.23. The van der Waals surface area contributed by atoms with Crippen LogP contribution in [0.1, 0.15) is 19.3 Å². The van der Waals surface area contributed by atoms with E-state index in [0.717, 1.165) is 18.9 Å². The number of anilines is 1. The molecule has 2 N–H and O–H groups in total. The number of nitrogens with zero attached hydrogens (tertiary/aromatic N) is 1. The van der Waals surface area contributed by atoms with Crippen LogP contribution < -0.4 is 5.32 Å². The molecule has 3 rings (SSSR count). The van der Waals surface area contributed by atoms with E-state index in [4.69, 9.17) is 11.6 Å². The van der Waals surface area contributed by atoms with Crippen LogP contribution in [0.15, 0.2) is 18.2 Å². The van der Waals surface area contributed by atoms with Crippen LogP contribution in [0.5, 0.6) is 0 Å². The van der Waals surface area contributed by atoms with E-state index in [-0.39, 0.29) is 23.4 Å². The molecule has 1 amide bonds. The van der Waals surface area contributed by atoms with Gasteiger partial charge in [0.05, 0.1) is 22.7 Å². The van der Waals surface area contributed by atoms with Crippen LogP contribution in [0.25, 0.3) is 0 Å². The van der Waals surface area contributed by atoms with Gasteiger partial charge in [-0.15, -0.1) is 0 Å². The molecule has 1 saturated heterocycles. The highest BCUT2D eigenvalue weighted by Crippen LogP contribution is 2.48. The van der Waals surface area contributed by atoms with E-state index in [2.05, 4.69) is 5.32 Å². The first kappa shape index (κ1) is 16.2. The van der Waals surface area contributed by atoms with E-state index < -0.39 is 17.2 Å². The lowest BCUT2D eigenvalue weighted by Crippen LogP contribution is -2.37. The molecule has 1 heterocycles. The summed E-state index contributed by atoms with van der Waals surface area (Å²) in [5.41, 5.74) is -0.348. The number of halogens is 2. The van der Waals surface area contributed by atoms with E-state index in [1.165, 1.54) is 12.1 Å². The summed E-state index contributed by atoms with van der Waals surface area (Å²) in [5.74, 6) is -1.39. The van der Waals surface area contributed by atoms with E-state index in [0.29, 0.717) is 25.2 Å². The predicted octanol–water partition coefficient (Wildman–Crippen LogP) is 2.60. The Morgan fingerprint density at radius 3 is 2.91 bits per heavy atom. The van der Waals surface area contributed by atoms with Gasteiger partial charge in [0.25, 0.3) is 0 Å². The Morgan fingerprint density at radius 2 is 2.26 bits per heavy atom. The van der Waals surface area contributed by atoms with Crippen LogP contribution in [0, 0.1) is 17.2 Å². The van der Waals surface area contributed by atoms with Gasteiger partial charge in [-0.05, 0) is 37.0 Å². The number of likely N-dealkylation sites (tertiary alicyclic amines) is 1. The molecule has 0 spiro atoms. The zero-order valence-electron chi connectivity index (χ0n) is 12.5. The maximum absolute atomic E-state index is 13.0. The largest absolute Gasteiger partial charge is 0.481 e. The van der Waals surface area contributed by atoms with Crippen molar-refractivity contribution in [3.63, 3.8) is 0 Å². The third kappa shape index (κ3) is 3.05. The number of carboxylic acid groups (broad SMARTS) is 1. The molecule has 1 aromatic carbocycles. The maximum Gasteiger partial charge on any atom is 0.311 e. The topological polar surface area (TPSA) is 69.6 Å². The summed E-state index contributed by atoms with van der Waals surface area (Å²) >= 11 is 5.89. The van der Waals surface area contributed by atoms with E-state index >= 15 is 0 Å². The fraction of sp³-hybridized carbons (Fsp3) is 0.500. The highest BCUT2D eigenvalue weighted by atomic mass is 35.5. The molecule has 0 radical (unpaired) electrons. The molecule has 1 aliphatic carbocycles. The molecule has 1 aromatic rings. The van der Waals surface area contributed by atoms with E-state index in [1.807, 2.05) is 4.90 Å². The molecule has 0 bridgehead atoms. The lowest BCUT2D eigenvalue weighted by atomic mass is 9.81. The van der Waals surface area contributed by atoms with Crippen LogP contribution in [-0.4, -0.2) is 41.5 Å². The molecule has 2 atom stereocenters. The van der Waals surface area contributed by atoms with Crippen molar-refractivity contribution >= 4 is 29.2 Å². The summed E-state index contributed by atoms with van der Waals surface area (Å²) in [7, 11) is 0. The number of hydrogen-bond donors (Lipinski definition) is 2. The summed E-state index contributed by atoms with van der Waals surface area (Å²) in [6, 6.07) is 3.77. The molecule has 0 unspecified atom stereocenters. The Morgan fingerprint density at radius 1 is 1.48 bits per heavy atom. The molecular formula is C16H18ClFN2O3. The van der Waals surface area contributed by atoms with Crippen molar-refractivity contribution in [2.45, 2.75) is 19.3 Å². The van der Waals surface area contributed by atoms with Crippen LogP contribution in [0.2, 0.25) is 5.02 Å². The van der Waals surface area contributed by atoms with E-state index in [9.17, 15) is 19.1 Å². The average Bonchev–Trinajstić information content (AvgIpc) is 2.99. The number of aliphatic carboxylic acids is 1. The highest BCUT2D eigenvalue weighted by molar-refractivity contribution is 6.33. The lowest BCUT2D eigenvalue weighted by molar-refractivity contribution is -0.149. The Balaban J connectivity index is 1.62. The van der Waals surface area contributed by atoms with Crippen LogP contribution in [0.4, 0.5) is 10.1 Å². The first-order valence-electron chi connectivity index (χ1n) is 7.61. The van der Waals surface area contributed by atoms with Crippen molar-refractivity contribution in [2.75, 3.05) is 25.0 Å². The highest BCUT2D eigenvalue weighted by Gasteiger charge is 2.54. The summed E-state index contributed by atoms with van der Waals surface area (Å²) < 4.78 is 13.0. The second-order valence-corrected chi connectivity index (χ2v) is 6.80. The van der Waals surface area contributed by atoms with Gasteiger partial charge in [0.1, 0.15) is 5.82 Å². The van der Waals surface area contributed by atoms with Gasteiger partial charge in [-0.25, -0.2) is 4.39 Å². The Kier molecular flexibility index (Phi) is 4.29. The smallest absolute Gasteiger partial charge is 0.311 e. The summed E-state index contributed by atoms with van der Waals surface area (Å²) in [4.78, 5) is 25.7. The van der Waals surface area contributed by atoms with Gasteiger partial charge >= 0.3 is 5.97 Å². The number of amides is 1. The Hall–Kier alpha value is -1.66. The fourth-order valence-electron chi connectivity index (χ4n) is 3.85. The van der Waals surface area contributed by atoms with Gasteiger partial charge < -0.3 is 10.4 Å². The maximum atomic E-state index is 13.0. The number of hydrogen-bond acceptors (Lipinski definition) is 3. The molecule has 23 heavy (non-hydrogen) atoms. The molecule has 2 fully saturated rings. The summed E-state index contributed by atoms with van der Waals surface area (Å²) in [6.45, 7) is 1.13. The first-order chi connectivity index (χ1) is 10.9. The third-order valence-electron chi connectivity index (χ3n) is 4.94.